The van der Waals surface area contributed by atoms with E-state index in [1.807, 2.05) is 31.2 Å². The average molecular weight is 447 g/mol. The van der Waals surface area contributed by atoms with Crippen LogP contribution in [0.4, 0.5) is 4.39 Å². The minimum Gasteiger partial charge on any atom is -0.337 e. The number of aryl methyl sites for hydroxylation is 1. The lowest BCUT2D eigenvalue weighted by atomic mass is 9.95. The van der Waals surface area contributed by atoms with E-state index in [0.29, 0.717) is 49.4 Å². The molecular formula is C26H27FN4O2. The Kier molecular flexibility index (Phi) is 6.68. The maximum absolute atomic E-state index is 14.1. The van der Waals surface area contributed by atoms with Crippen LogP contribution < -0.4 is 0 Å². The summed E-state index contributed by atoms with van der Waals surface area (Å²) in [6, 6.07) is 14.2. The standard InChI is InChI=1S/C26H27FN4O2/c1-3-12-30-13-14-31(26(33)23-16-28-29-18(23)2)17-21(25(30)32)15-19-8-10-20(11-9-19)22-6-4-5-7-24(22)27/h3-11,16,21H,1,12-15,17H2,2H3,(H,28,29). The van der Waals surface area contributed by atoms with E-state index in [-0.39, 0.29) is 23.5 Å². The smallest absolute Gasteiger partial charge is 0.257 e. The van der Waals surface area contributed by atoms with Crippen molar-refractivity contribution in [2.24, 2.45) is 5.92 Å². The van der Waals surface area contributed by atoms with Gasteiger partial charge in [-0.15, -0.1) is 6.58 Å². The van der Waals surface area contributed by atoms with Crippen LogP contribution in [0.3, 0.4) is 0 Å². The first kappa shape index (κ1) is 22.5. The van der Waals surface area contributed by atoms with Gasteiger partial charge in [-0.3, -0.25) is 14.7 Å². The highest BCUT2D eigenvalue weighted by molar-refractivity contribution is 5.95. The number of nitrogens with zero attached hydrogens (tertiary/aromatic N) is 3. The number of nitrogens with one attached hydrogen (secondary N) is 1. The van der Waals surface area contributed by atoms with E-state index in [1.54, 1.807) is 34.1 Å². The topological polar surface area (TPSA) is 69.3 Å². The minimum atomic E-state index is -0.386. The highest BCUT2D eigenvalue weighted by Crippen LogP contribution is 2.25. The minimum absolute atomic E-state index is 0.00676. The molecule has 0 radical (unpaired) electrons. The Balaban J connectivity index is 1.56. The number of H-pyrrole nitrogens is 1. The Hall–Kier alpha value is -3.74. The summed E-state index contributed by atoms with van der Waals surface area (Å²) in [5, 5.41) is 6.76. The van der Waals surface area contributed by atoms with E-state index in [0.717, 1.165) is 11.1 Å². The molecule has 2 aromatic carbocycles. The summed E-state index contributed by atoms with van der Waals surface area (Å²) >= 11 is 0. The fraction of sp³-hybridized carbons (Fsp3) is 0.269. The third-order valence-corrected chi connectivity index (χ3v) is 6.06. The fourth-order valence-electron chi connectivity index (χ4n) is 4.26. The molecule has 7 heteroatoms. The van der Waals surface area contributed by atoms with Gasteiger partial charge in [0, 0.05) is 37.4 Å². The number of rotatable bonds is 6. The number of benzene rings is 2. The predicted molar refractivity (Wildman–Crippen MR) is 125 cm³/mol. The molecule has 1 aromatic heterocycles. The van der Waals surface area contributed by atoms with Crippen LogP contribution in [0.2, 0.25) is 0 Å². The van der Waals surface area contributed by atoms with Gasteiger partial charge in [0.25, 0.3) is 5.91 Å². The summed E-state index contributed by atoms with van der Waals surface area (Å²) in [5.74, 6) is -0.780. The zero-order valence-electron chi connectivity index (χ0n) is 18.6. The van der Waals surface area contributed by atoms with Crippen LogP contribution in [0, 0.1) is 18.7 Å². The predicted octanol–water partition coefficient (Wildman–Crippen LogP) is 3.85. The zero-order valence-corrected chi connectivity index (χ0v) is 18.6. The van der Waals surface area contributed by atoms with Crippen LogP contribution in [-0.4, -0.2) is 58.0 Å². The van der Waals surface area contributed by atoms with E-state index in [2.05, 4.69) is 16.8 Å². The molecule has 1 aliphatic heterocycles. The second-order valence-corrected chi connectivity index (χ2v) is 8.31. The number of amides is 2. The van der Waals surface area contributed by atoms with Crippen molar-refractivity contribution < 1.29 is 14.0 Å². The Bertz CT molecular complexity index is 1160. The first-order chi connectivity index (χ1) is 16.0. The lowest BCUT2D eigenvalue weighted by Gasteiger charge is -2.23. The molecule has 1 unspecified atom stereocenters. The van der Waals surface area contributed by atoms with Crippen molar-refractivity contribution in [1.82, 2.24) is 20.0 Å². The number of carbonyl (C=O) groups is 2. The zero-order chi connectivity index (χ0) is 23.4. The molecule has 1 atom stereocenters. The summed E-state index contributed by atoms with van der Waals surface area (Å²) in [6.45, 7) is 7.24. The first-order valence-electron chi connectivity index (χ1n) is 11.0. The Morgan fingerprint density at radius 1 is 1.21 bits per heavy atom. The van der Waals surface area contributed by atoms with E-state index >= 15 is 0 Å². The van der Waals surface area contributed by atoms with Gasteiger partial charge >= 0.3 is 0 Å². The molecule has 1 aliphatic rings. The van der Waals surface area contributed by atoms with Gasteiger partial charge in [0.15, 0.2) is 0 Å². The number of aromatic amines is 1. The molecule has 2 amide bonds. The van der Waals surface area contributed by atoms with E-state index < -0.39 is 0 Å². The van der Waals surface area contributed by atoms with Crippen molar-refractivity contribution in [3.8, 4) is 11.1 Å². The van der Waals surface area contributed by atoms with Crippen molar-refractivity contribution in [2.45, 2.75) is 13.3 Å². The quantitative estimate of drug-likeness (QED) is 0.585. The maximum Gasteiger partial charge on any atom is 0.257 e. The number of halogens is 1. The molecule has 0 spiro atoms. The van der Waals surface area contributed by atoms with Gasteiger partial charge in [0.2, 0.25) is 5.91 Å². The van der Waals surface area contributed by atoms with E-state index in [4.69, 9.17) is 0 Å². The third kappa shape index (κ3) is 4.87. The van der Waals surface area contributed by atoms with E-state index in [9.17, 15) is 14.0 Å². The summed E-state index contributed by atoms with van der Waals surface area (Å²) < 4.78 is 14.1. The van der Waals surface area contributed by atoms with Crippen LogP contribution in [-0.2, 0) is 11.2 Å². The van der Waals surface area contributed by atoms with Crippen molar-refractivity contribution >= 4 is 11.8 Å². The molecule has 0 aliphatic carbocycles. The van der Waals surface area contributed by atoms with Gasteiger partial charge in [0.05, 0.1) is 17.7 Å². The van der Waals surface area contributed by atoms with Crippen LogP contribution >= 0.6 is 0 Å². The van der Waals surface area contributed by atoms with Crippen molar-refractivity contribution in [3.05, 3.63) is 90.0 Å². The van der Waals surface area contributed by atoms with Crippen LogP contribution in [0.1, 0.15) is 21.6 Å². The van der Waals surface area contributed by atoms with Gasteiger partial charge < -0.3 is 9.80 Å². The molecule has 33 heavy (non-hydrogen) atoms. The normalized spacial score (nSPS) is 16.5. The lowest BCUT2D eigenvalue weighted by molar-refractivity contribution is -0.134. The molecule has 0 bridgehead atoms. The molecule has 2 heterocycles. The summed E-state index contributed by atoms with van der Waals surface area (Å²) in [6.07, 6.45) is 3.72. The largest absolute Gasteiger partial charge is 0.337 e. The molecule has 1 saturated heterocycles. The molecule has 0 saturated carbocycles. The first-order valence-corrected chi connectivity index (χ1v) is 11.0. The maximum atomic E-state index is 14.1. The van der Waals surface area contributed by atoms with Gasteiger partial charge in [-0.1, -0.05) is 48.5 Å². The molecule has 1 fully saturated rings. The Morgan fingerprint density at radius 3 is 2.64 bits per heavy atom. The molecular weight excluding hydrogens is 419 g/mol. The van der Waals surface area contributed by atoms with Crippen LogP contribution in [0.25, 0.3) is 11.1 Å². The van der Waals surface area contributed by atoms with Crippen LogP contribution in [0.5, 0.6) is 0 Å². The third-order valence-electron chi connectivity index (χ3n) is 6.06. The van der Waals surface area contributed by atoms with E-state index in [1.165, 1.54) is 12.3 Å². The second kappa shape index (κ2) is 9.81. The summed E-state index contributed by atoms with van der Waals surface area (Å²) in [5.41, 5.74) is 3.51. The lowest BCUT2D eigenvalue weighted by Crippen LogP contribution is -2.38. The Morgan fingerprint density at radius 2 is 1.97 bits per heavy atom. The highest BCUT2D eigenvalue weighted by Gasteiger charge is 2.32. The second-order valence-electron chi connectivity index (χ2n) is 8.31. The molecule has 6 nitrogen and oxygen atoms in total. The molecule has 1 N–H and O–H groups in total. The van der Waals surface area contributed by atoms with Gasteiger partial charge in [0.1, 0.15) is 5.82 Å². The van der Waals surface area contributed by atoms with Crippen molar-refractivity contribution in [2.75, 3.05) is 26.2 Å². The molecule has 4 rings (SSSR count). The van der Waals surface area contributed by atoms with Crippen molar-refractivity contribution in [1.29, 1.82) is 0 Å². The Labute approximate surface area is 192 Å². The number of hydrogen-bond donors (Lipinski definition) is 1. The monoisotopic (exact) mass is 446 g/mol. The fourth-order valence-corrected chi connectivity index (χ4v) is 4.26. The summed E-state index contributed by atoms with van der Waals surface area (Å²) in [4.78, 5) is 29.9. The van der Waals surface area contributed by atoms with Gasteiger partial charge in [-0.25, -0.2) is 4.39 Å². The van der Waals surface area contributed by atoms with Crippen LogP contribution in [0.15, 0.2) is 67.4 Å². The molecule has 3 aromatic rings. The summed E-state index contributed by atoms with van der Waals surface area (Å²) in [7, 11) is 0. The average Bonchev–Trinajstić information content (AvgIpc) is 3.19. The highest BCUT2D eigenvalue weighted by atomic mass is 19.1. The van der Waals surface area contributed by atoms with Gasteiger partial charge in [-0.05, 0) is 30.5 Å². The SMILES string of the molecule is C=CCN1CCN(C(=O)c2cn[nH]c2C)CC(Cc2ccc(-c3ccccc3F)cc2)C1=O. The van der Waals surface area contributed by atoms with Gasteiger partial charge in [-0.2, -0.15) is 5.10 Å². The number of aromatic nitrogens is 2. The number of carbonyl (C=O) groups excluding carboxylic acids is 2. The number of hydrogen-bond acceptors (Lipinski definition) is 3. The molecule has 170 valence electrons. The van der Waals surface area contributed by atoms with Crippen molar-refractivity contribution in [3.63, 3.8) is 0 Å².